The van der Waals surface area contributed by atoms with Crippen LogP contribution in [0, 0.1) is 12.8 Å². The summed E-state index contributed by atoms with van der Waals surface area (Å²) >= 11 is 6.37. The monoisotopic (exact) mass is 360 g/mol. The molecule has 0 spiro atoms. The van der Waals surface area contributed by atoms with E-state index in [9.17, 15) is 9.90 Å². The number of aromatic nitrogens is 4. The highest BCUT2D eigenvalue weighted by atomic mass is 35.5. The number of carboxylic acids is 1. The molecular weight excluding hydrogens is 340 g/mol. The quantitative estimate of drug-likeness (QED) is 0.656. The predicted molar refractivity (Wildman–Crippen MR) is 95.7 cm³/mol. The fraction of sp³-hybridized carbons (Fsp3) is 0.444. The minimum Gasteiger partial charge on any atom is -0.478 e. The fourth-order valence-electron chi connectivity index (χ4n) is 3.30. The van der Waals surface area contributed by atoms with E-state index in [4.69, 9.17) is 11.6 Å². The highest BCUT2D eigenvalue weighted by Crippen LogP contribution is 2.30. The van der Waals surface area contributed by atoms with Crippen molar-refractivity contribution in [1.82, 2.24) is 20.2 Å². The van der Waals surface area contributed by atoms with E-state index >= 15 is 0 Å². The van der Waals surface area contributed by atoms with Gasteiger partial charge in [-0.05, 0) is 53.8 Å². The number of tetrazole rings is 1. The Morgan fingerprint density at radius 1 is 1.28 bits per heavy atom. The second-order valence-corrected chi connectivity index (χ2v) is 6.85. The molecule has 0 unspecified atom stereocenters. The molecule has 0 saturated heterocycles. The lowest BCUT2D eigenvalue weighted by molar-refractivity contribution is -0.130. The molecule has 3 rings (SSSR count). The summed E-state index contributed by atoms with van der Waals surface area (Å²) < 4.78 is 1.53. The van der Waals surface area contributed by atoms with Crippen LogP contribution < -0.4 is 0 Å². The highest BCUT2D eigenvalue weighted by Gasteiger charge is 2.18. The molecule has 0 bridgehead atoms. The van der Waals surface area contributed by atoms with Crippen molar-refractivity contribution in [1.29, 1.82) is 0 Å². The normalized spacial score (nSPS) is 16.6. The number of nitrogens with zero attached hydrogens (tertiary/aromatic N) is 4. The van der Waals surface area contributed by atoms with Crippen LogP contribution in [0.15, 0.2) is 24.3 Å². The average Bonchev–Trinajstić information content (AvgIpc) is 2.84. The maximum atomic E-state index is 11.8. The van der Waals surface area contributed by atoms with E-state index in [0.29, 0.717) is 33.6 Å². The van der Waals surface area contributed by atoms with Gasteiger partial charge in [-0.25, -0.2) is 4.79 Å². The summed E-state index contributed by atoms with van der Waals surface area (Å²) in [5.41, 5.74) is 1.55. The molecule has 6 nitrogen and oxygen atoms in total. The Balaban J connectivity index is 1.93. The third kappa shape index (κ3) is 4.07. The van der Waals surface area contributed by atoms with Crippen LogP contribution in [0.3, 0.4) is 0 Å². The second-order valence-electron chi connectivity index (χ2n) is 6.44. The smallest absolute Gasteiger partial charge is 0.335 e. The topological polar surface area (TPSA) is 80.9 Å². The Hall–Kier alpha value is -2.21. The van der Waals surface area contributed by atoms with E-state index in [1.807, 2.05) is 6.08 Å². The molecule has 2 aromatic rings. The van der Waals surface area contributed by atoms with Crippen molar-refractivity contribution >= 4 is 23.1 Å². The van der Waals surface area contributed by atoms with E-state index in [0.717, 1.165) is 25.7 Å². The summed E-state index contributed by atoms with van der Waals surface area (Å²) in [7, 11) is 0. The third-order valence-corrected chi connectivity index (χ3v) is 4.95. The van der Waals surface area contributed by atoms with Crippen LogP contribution in [0.5, 0.6) is 0 Å². The van der Waals surface area contributed by atoms with Crippen LogP contribution in [0.4, 0.5) is 0 Å². The van der Waals surface area contributed by atoms with Crippen LogP contribution in [0.25, 0.3) is 11.3 Å². The first kappa shape index (κ1) is 17.6. The molecule has 1 aliphatic rings. The van der Waals surface area contributed by atoms with Gasteiger partial charge in [-0.2, -0.15) is 4.68 Å². The van der Waals surface area contributed by atoms with Gasteiger partial charge >= 0.3 is 5.97 Å². The number of benzene rings is 1. The molecule has 7 heteroatoms. The van der Waals surface area contributed by atoms with Crippen molar-refractivity contribution in [2.45, 2.75) is 45.4 Å². The minimum absolute atomic E-state index is 0.314. The third-order valence-electron chi connectivity index (χ3n) is 4.64. The number of aryl methyl sites for hydroxylation is 1. The van der Waals surface area contributed by atoms with Gasteiger partial charge in [0.15, 0.2) is 5.82 Å². The number of hydrogen-bond acceptors (Lipinski definition) is 4. The largest absolute Gasteiger partial charge is 0.478 e. The second kappa shape index (κ2) is 7.78. The first-order valence-corrected chi connectivity index (χ1v) is 8.94. The van der Waals surface area contributed by atoms with Gasteiger partial charge in [0.1, 0.15) is 0 Å². The lowest BCUT2D eigenvalue weighted by Crippen LogP contribution is -2.05. The molecule has 0 radical (unpaired) electrons. The molecule has 1 aromatic heterocycles. The highest BCUT2D eigenvalue weighted by molar-refractivity contribution is 6.32. The summed E-state index contributed by atoms with van der Waals surface area (Å²) in [6.07, 6.45) is 8.79. The Bertz CT molecular complexity index is 792. The zero-order valence-corrected chi connectivity index (χ0v) is 14.9. The Morgan fingerprint density at radius 3 is 2.56 bits per heavy atom. The number of hydrogen-bond donors (Lipinski definition) is 1. The number of rotatable bonds is 4. The van der Waals surface area contributed by atoms with E-state index in [1.165, 1.54) is 17.5 Å². The molecule has 0 aliphatic heterocycles. The molecule has 1 aliphatic carbocycles. The van der Waals surface area contributed by atoms with E-state index in [1.54, 1.807) is 25.1 Å². The van der Waals surface area contributed by atoms with Gasteiger partial charge in [-0.1, -0.05) is 49.4 Å². The SMILES string of the molecule is Cc1nnnn1-c1ccc(C(=CC2CCCCCC2)C(=O)O)cc1Cl. The van der Waals surface area contributed by atoms with Crippen molar-refractivity contribution in [3.05, 3.63) is 40.7 Å². The van der Waals surface area contributed by atoms with Gasteiger partial charge in [0.25, 0.3) is 0 Å². The molecule has 1 saturated carbocycles. The molecule has 0 amide bonds. The van der Waals surface area contributed by atoms with Crippen LogP contribution in [0.1, 0.15) is 49.9 Å². The molecule has 1 aromatic carbocycles. The first-order chi connectivity index (χ1) is 12.1. The summed E-state index contributed by atoms with van der Waals surface area (Å²) in [4.78, 5) is 11.8. The molecule has 1 N–H and O–H groups in total. The fourth-order valence-corrected chi connectivity index (χ4v) is 3.57. The van der Waals surface area contributed by atoms with Crippen molar-refractivity contribution in [3.63, 3.8) is 0 Å². The summed E-state index contributed by atoms with van der Waals surface area (Å²) in [6, 6.07) is 5.19. The molecule has 1 heterocycles. The maximum Gasteiger partial charge on any atom is 0.335 e. The lowest BCUT2D eigenvalue weighted by atomic mass is 9.94. The van der Waals surface area contributed by atoms with Crippen molar-refractivity contribution in [3.8, 4) is 5.69 Å². The van der Waals surface area contributed by atoms with Gasteiger partial charge in [-0.15, -0.1) is 5.10 Å². The van der Waals surface area contributed by atoms with Crippen molar-refractivity contribution < 1.29 is 9.90 Å². The van der Waals surface area contributed by atoms with E-state index in [-0.39, 0.29) is 0 Å². The first-order valence-electron chi connectivity index (χ1n) is 8.56. The van der Waals surface area contributed by atoms with E-state index in [2.05, 4.69) is 15.5 Å². The molecule has 1 fully saturated rings. The van der Waals surface area contributed by atoms with Gasteiger partial charge < -0.3 is 5.11 Å². The van der Waals surface area contributed by atoms with Gasteiger partial charge in [0.05, 0.1) is 16.3 Å². The maximum absolute atomic E-state index is 11.8. The van der Waals surface area contributed by atoms with Crippen LogP contribution in [-0.4, -0.2) is 31.3 Å². The summed E-state index contributed by atoms with van der Waals surface area (Å²) in [5.74, 6) is 0.00239. The predicted octanol–water partition coefficient (Wildman–Crippen LogP) is 4.06. The number of carbonyl (C=O) groups is 1. The zero-order valence-electron chi connectivity index (χ0n) is 14.2. The Labute approximate surface area is 151 Å². The standard InChI is InChI=1S/C18H21ClN4O2/c1-12-20-21-22-23(12)17-9-8-14(11-16(17)19)15(18(24)25)10-13-6-4-2-3-5-7-13/h8-11,13H,2-7H2,1H3,(H,24,25). The summed E-state index contributed by atoms with van der Waals surface area (Å²) in [5, 5.41) is 21.4. The van der Waals surface area contributed by atoms with Crippen LogP contribution >= 0.6 is 11.6 Å². The summed E-state index contributed by atoms with van der Waals surface area (Å²) in [6.45, 7) is 1.78. The van der Waals surface area contributed by atoms with E-state index < -0.39 is 5.97 Å². The number of allylic oxidation sites excluding steroid dienone is 1. The van der Waals surface area contributed by atoms with Gasteiger partial charge in [0.2, 0.25) is 0 Å². The average molecular weight is 361 g/mol. The Kier molecular flexibility index (Phi) is 5.48. The molecular formula is C18H21ClN4O2. The Morgan fingerprint density at radius 2 is 2.00 bits per heavy atom. The molecule has 132 valence electrons. The zero-order chi connectivity index (χ0) is 17.8. The molecule has 0 atom stereocenters. The number of carboxylic acid groups (broad SMARTS) is 1. The minimum atomic E-state index is -0.924. The van der Waals surface area contributed by atoms with Crippen molar-refractivity contribution in [2.24, 2.45) is 5.92 Å². The van der Waals surface area contributed by atoms with Crippen LogP contribution in [0.2, 0.25) is 5.02 Å². The van der Waals surface area contributed by atoms with Gasteiger partial charge in [0, 0.05) is 0 Å². The lowest BCUT2D eigenvalue weighted by Gasteiger charge is -2.12. The number of aliphatic carboxylic acids is 1. The van der Waals surface area contributed by atoms with Gasteiger partial charge in [-0.3, -0.25) is 0 Å². The molecule has 25 heavy (non-hydrogen) atoms. The number of halogens is 1. The van der Waals surface area contributed by atoms with Crippen molar-refractivity contribution in [2.75, 3.05) is 0 Å². The van der Waals surface area contributed by atoms with Crippen LogP contribution in [-0.2, 0) is 4.79 Å².